The number of fused-ring (bicyclic) bond motifs is 4. The molecule has 0 bridgehead atoms. The van der Waals surface area contributed by atoms with Crippen molar-refractivity contribution >= 4 is 22.8 Å². The predicted molar refractivity (Wildman–Crippen MR) is 137 cm³/mol. The molecule has 2 fully saturated rings. The Labute approximate surface area is 225 Å². The molecule has 0 aliphatic carbocycles. The molecule has 0 saturated carbocycles. The van der Waals surface area contributed by atoms with Crippen molar-refractivity contribution in [1.29, 1.82) is 0 Å². The Kier molecular flexibility index (Phi) is 5.97. The lowest BCUT2D eigenvalue weighted by Gasteiger charge is -2.18. The van der Waals surface area contributed by atoms with Crippen molar-refractivity contribution in [2.45, 2.75) is 31.6 Å². The van der Waals surface area contributed by atoms with E-state index in [1.54, 1.807) is 12.3 Å². The van der Waals surface area contributed by atoms with Crippen LogP contribution in [0.4, 0.5) is 33.7 Å². The monoisotopic (exact) mass is 556 g/mol. The molecule has 2 saturated heterocycles. The molecular weight excluding hydrogens is 531 g/mol. The second kappa shape index (κ2) is 9.44. The van der Waals surface area contributed by atoms with Gasteiger partial charge in [-0.25, -0.2) is 28.7 Å². The fraction of sp³-hybridized carbons (Fsp3) is 0.407. The van der Waals surface area contributed by atoms with E-state index >= 15 is 0 Å². The highest BCUT2D eigenvalue weighted by Crippen LogP contribution is 2.42. The molecule has 40 heavy (non-hydrogen) atoms. The lowest BCUT2D eigenvalue weighted by atomic mass is 10.0. The normalized spacial score (nSPS) is 22.7. The molecule has 3 aliphatic heterocycles. The smallest absolute Gasteiger partial charge is 0.316 e. The van der Waals surface area contributed by atoms with Crippen LogP contribution in [0.1, 0.15) is 23.9 Å². The first-order valence-electron chi connectivity index (χ1n) is 13.2. The van der Waals surface area contributed by atoms with Crippen molar-refractivity contribution in [2.75, 3.05) is 31.5 Å². The third-order valence-corrected chi connectivity index (χ3v) is 8.11. The Morgan fingerprint density at radius 1 is 0.975 bits per heavy atom. The van der Waals surface area contributed by atoms with Crippen LogP contribution >= 0.6 is 0 Å². The van der Waals surface area contributed by atoms with Gasteiger partial charge in [0.25, 0.3) is 0 Å². The molecule has 2 N–H and O–H groups in total. The largest absolute Gasteiger partial charge is 0.409 e. The number of aromatic nitrogens is 5. The summed E-state index contributed by atoms with van der Waals surface area (Å²) >= 11 is 0. The highest BCUT2D eigenvalue weighted by Gasteiger charge is 2.45. The second-order valence-electron chi connectivity index (χ2n) is 10.8. The topological polar surface area (TPSA) is 83.8 Å². The predicted octanol–water partition coefficient (Wildman–Crippen LogP) is 4.61. The molecule has 2 unspecified atom stereocenters. The van der Waals surface area contributed by atoms with Gasteiger partial charge in [-0.05, 0) is 55.1 Å². The van der Waals surface area contributed by atoms with Crippen LogP contribution in [0.25, 0.3) is 22.3 Å². The van der Waals surface area contributed by atoms with E-state index in [1.807, 2.05) is 6.07 Å². The molecule has 3 atom stereocenters. The minimum Gasteiger partial charge on any atom is -0.316 e. The van der Waals surface area contributed by atoms with E-state index in [2.05, 4.69) is 35.5 Å². The highest BCUT2D eigenvalue weighted by molar-refractivity contribution is 5.83. The van der Waals surface area contributed by atoms with Crippen LogP contribution in [0.2, 0.25) is 0 Å². The number of pyridine rings is 1. The number of imidazole rings is 1. The Bertz CT molecular complexity index is 1570. The zero-order valence-corrected chi connectivity index (χ0v) is 21.2. The number of anilines is 2. The maximum atomic E-state index is 15.0. The zero-order valence-electron chi connectivity index (χ0n) is 21.2. The summed E-state index contributed by atoms with van der Waals surface area (Å²) < 4.78 is 71.7. The van der Waals surface area contributed by atoms with Gasteiger partial charge in [0.05, 0.1) is 11.7 Å². The molecule has 3 aliphatic rings. The van der Waals surface area contributed by atoms with Crippen LogP contribution < -0.4 is 10.6 Å². The van der Waals surface area contributed by atoms with Crippen LogP contribution in [0.5, 0.6) is 0 Å². The van der Waals surface area contributed by atoms with E-state index < -0.39 is 23.9 Å². The van der Waals surface area contributed by atoms with Gasteiger partial charge in [-0.1, -0.05) is 6.07 Å². The fourth-order valence-corrected chi connectivity index (χ4v) is 6.24. The van der Waals surface area contributed by atoms with E-state index in [0.717, 1.165) is 55.1 Å². The Morgan fingerprint density at radius 2 is 1.77 bits per heavy atom. The van der Waals surface area contributed by atoms with Crippen molar-refractivity contribution in [3.05, 3.63) is 59.7 Å². The fourth-order valence-electron chi connectivity index (χ4n) is 6.24. The number of benzene rings is 1. The molecule has 1 aromatic carbocycles. The summed E-state index contributed by atoms with van der Waals surface area (Å²) in [6, 6.07) is 4.24. The van der Waals surface area contributed by atoms with Gasteiger partial charge < -0.3 is 15.2 Å². The van der Waals surface area contributed by atoms with Gasteiger partial charge in [-0.2, -0.15) is 13.2 Å². The van der Waals surface area contributed by atoms with Gasteiger partial charge in [0.1, 0.15) is 28.9 Å². The number of alkyl halides is 3. The first-order valence-corrected chi connectivity index (χ1v) is 13.2. The number of hydrogen-bond donors (Lipinski definition) is 2. The van der Waals surface area contributed by atoms with Gasteiger partial charge in [-0.3, -0.25) is 4.90 Å². The molecule has 0 amide bonds. The SMILES string of the molecule is Fc1cnc(Nc2ccc(CN3CC4CNCC4C3)cn2)nc1-c1cc(F)c2nc3n(c2c1)[C@H](C(F)(F)F)CC3. The summed E-state index contributed by atoms with van der Waals surface area (Å²) in [6.07, 6.45) is -1.92. The van der Waals surface area contributed by atoms with Crippen LogP contribution in [0, 0.1) is 23.5 Å². The summed E-state index contributed by atoms with van der Waals surface area (Å²) in [5, 5.41) is 6.37. The van der Waals surface area contributed by atoms with E-state index in [0.29, 0.717) is 17.7 Å². The molecule has 208 valence electrons. The molecule has 6 heterocycles. The zero-order chi connectivity index (χ0) is 27.6. The number of aryl methyl sites for hydroxylation is 1. The molecule has 4 aromatic rings. The lowest BCUT2D eigenvalue weighted by molar-refractivity contribution is -0.164. The lowest BCUT2D eigenvalue weighted by Crippen LogP contribution is -2.25. The van der Waals surface area contributed by atoms with Crippen molar-refractivity contribution in [1.82, 2.24) is 34.7 Å². The Balaban J connectivity index is 1.13. The quantitative estimate of drug-likeness (QED) is 0.348. The number of nitrogens with zero attached hydrogens (tertiary/aromatic N) is 6. The van der Waals surface area contributed by atoms with Crippen LogP contribution in [0.3, 0.4) is 0 Å². The van der Waals surface area contributed by atoms with Crippen molar-refractivity contribution in [3.63, 3.8) is 0 Å². The van der Waals surface area contributed by atoms with Crippen molar-refractivity contribution < 1.29 is 22.0 Å². The Morgan fingerprint density at radius 3 is 2.50 bits per heavy atom. The summed E-state index contributed by atoms with van der Waals surface area (Å²) in [4.78, 5) is 19.1. The molecular formula is C27H25F5N8. The van der Waals surface area contributed by atoms with Gasteiger partial charge >= 0.3 is 6.18 Å². The van der Waals surface area contributed by atoms with Crippen LogP contribution in [-0.2, 0) is 13.0 Å². The maximum Gasteiger partial charge on any atom is 0.409 e. The minimum absolute atomic E-state index is 0.0163. The first-order chi connectivity index (χ1) is 19.2. The number of rotatable bonds is 5. The third-order valence-electron chi connectivity index (χ3n) is 8.11. The van der Waals surface area contributed by atoms with Crippen molar-refractivity contribution in [2.24, 2.45) is 11.8 Å². The van der Waals surface area contributed by atoms with Gasteiger partial charge in [-0.15, -0.1) is 0 Å². The first kappa shape index (κ1) is 25.3. The number of halogens is 5. The molecule has 0 radical (unpaired) electrons. The average Bonchev–Trinajstić information content (AvgIpc) is 3.67. The highest BCUT2D eigenvalue weighted by atomic mass is 19.4. The van der Waals surface area contributed by atoms with E-state index in [1.165, 1.54) is 6.07 Å². The van der Waals surface area contributed by atoms with Crippen molar-refractivity contribution in [3.8, 4) is 11.3 Å². The van der Waals surface area contributed by atoms with Crippen LogP contribution in [-0.4, -0.2) is 61.8 Å². The van der Waals surface area contributed by atoms with E-state index in [4.69, 9.17) is 0 Å². The van der Waals surface area contributed by atoms with E-state index in [-0.39, 0.29) is 46.9 Å². The van der Waals surface area contributed by atoms with Crippen LogP contribution in [0.15, 0.2) is 36.7 Å². The minimum atomic E-state index is -4.52. The average molecular weight is 557 g/mol. The second-order valence-corrected chi connectivity index (χ2v) is 10.8. The van der Waals surface area contributed by atoms with Gasteiger partial charge in [0, 0.05) is 37.8 Å². The number of hydrogen-bond acceptors (Lipinski definition) is 7. The standard InChI is InChI=1S/C27H25F5N8/c28-18-5-15(6-20-25(18)37-23-4-2-21(40(20)23)27(30,31)32)24-19(29)10-35-26(38-24)36-22-3-1-14(7-34-22)11-39-12-16-8-33-9-17(16)13-39/h1,3,5-7,10,16-17,21,33H,2,4,8-9,11-13H2,(H,34,35,36,38)/t16?,17?,21-/m0/s1. The summed E-state index contributed by atoms with van der Waals surface area (Å²) in [7, 11) is 0. The molecule has 0 spiro atoms. The summed E-state index contributed by atoms with van der Waals surface area (Å²) in [5.41, 5.74) is 0.568. The Hall–Kier alpha value is -3.71. The summed E-state index contributed by atoms with van der Waals surface area (Å²) in [6.45, 7) is 5.08. The number of nitrogens with one attached hydrogen (secondary N) is 2. The van der Waals surface area contributed by atoms with E-state index in [9.17, 15) is 22.0 Å². The summed E-state index contributed by atoms with van der Waals surface area (Å²) in [5.74, 6) is 0.321. The van der Waals surface area contributed by atoms with Gasteiger partial charge in [0.15, 0.2) is 11.6 Å². The molecule has 13 heteroatoms. The molecule has 3 aromatic heterocycles. The molecule has 8 nitrogen and oxygen atoms in total. The molecule has 7 rings (SSSR count). The van der Waals surface area contributed by atoms with Gasteiger partial charge in [0.2, 0.25) is 5.95 Å². The maximum absolute atomic E-state index is 15.0. The number of likely N-dealkylation sites (tertiary alicyclic amines) is 1. The third kappa shape index (κ3) is 4.46.